The van der Waals surface area contributed by atoms with E-state index in [1.165, 1.54) is 11.8 Å². The predicted octanol–water partition coefficient (Wildman–Crippen LogP) is 1.48. The lowest BCUT2D eigenvalue weighted by Crippen LogP contribution is -2.34. The van der Waals surface area contributed by atoms with Gasteiger partial charge in [-0.1, -0.05) is 0 Å². The van der Waals surface area contributed by atoms with E-state index >= 15 is 0 Å². The molecule has 1 aliphatic heterocycles. The molecule has 2 rings (SSSR count). The van der Waals surface area contributed by atoms with Gasteiger partial charge in [0.2, 0.25) is 0 Å². The number of nitro benzene ring substituents is 1. The van der Waals surface area contributed by atoms with Crippen molar-refractivity contribution in [3.8, 4) is 0 Å². The molecule has 0 atom stereocenters. The third-order valence-electron chi connectivity index (χ3n) is 3.31. The number of halogens is 1. The van der Waals surface area contributed by atoms with E-state index in [2.05, 4.69) is 5.32 Å². The average Bonchev–Trinajstić information content (AvgIpc) is 2.69. The molecule has 108 valence electrons. The number of nitrogens with zero attached hydrogens (tertiary/aromatic N) is 2. The van der Waals surface area contributed by atoms with Crippen LogP contribution in [0.3, 0.4) is 0 Å². The molecule has 0 saturated carbocycles. The van der Waals surface area contributed by atoms with Crippen molar-refractivity contribution >= 4 is 11.6 Å². The molecule has 0 aromatic heterocycles. The Morgan fingerprint density at radius 1 is 1.40 bits per heavy atom. The minimum absolute atomic E-state index is 0.107. The Morgan fingerprint density at radius 2 is 2.15 bits per heavy atom. The lowest BCUT2D eigenvalue weighted by molar-refractivity contribution is -0.385. The number of carbonyl (C=O) groups is 1. The summed E-state index contributed by atoms with van der Waals surface area (Å²) < 4.78 is 14.1. The first-order chi connectivity index (χ1) is 9.50. The first kappa shape index (κ1) is 14.4. The maximum absolute atomic E-state index is 14.1. The first-order valence-electron chi connectivity index (χ1n) is 6.45. The largest absolute Gasteiger partial charge is 0.337 e. The van der Waals surface area contributed by atoms with Gasteiger partial charge in [0.1, 0.15) is 5.82 Å². The summed E-state index contributed by atoms with van der Waals surface area (Å²) in [6.07, 6.45) is 0.779. The fourth-order valence-corrected chi connectivity index (χ4v) is 2.23. The molecule has 7 heteroatoms. The summed E-state index contributed by atoms with van der Waals surface area (Å²) in [4.78, 5) is 24.1. The number of hydrogen-bond acceptors (Lipinski definition) is 4. The molecule has 6 nitrogen and oxygen atoms in total. The molecule has 1 aromatic carbocycles. The van der Waals surface area contributed by atoms with Gasteiger partial charge in [-0.3, -0.25) is 14.9 Å². The summed E-state index contributed by atoms with van der Waals surface area (Å²) in [7, 11) is 0. The SMILES string of the molecule is Cc1cc([N+](=O)[O-])cc(C(=O)N2CCCNCC2)c1F. The smallest absolute Gasteiger partial charge is 0.270 e. The monoisotopic (exact) mass is 281 g/mol. The molecule has 1 aliphatic rings. The van der Waals surface area contributed by atoms with E-state index in [4.69, 9.17) is 0 Å². The van der Waals surface area contributed by atoms with Gasteiger partial charge in [0.15, 0.2) is 0 Å². The van der Waals surface area contributed by atoms with Gasteiger partial charge in [0.05, 0.1) is 10.5 Å². The zero-order chi connectivity index (χ0) is 14.7. The van der Waals surface area contributed by atoms with E-state index in [1.54, 1.807) is 0 Å². The molecule has 1 aromatic rings. The first-order valence-corrected chi connectivity index (χ1v) is 6.45. The highest BCUT2D eigenvalue weighted by molar-refractivity contribution is 5.95. The van der Waals surface area contributed by atoms with Crippen LogP contribution < -0.4 is 5.32 Å². The summed E-state index contributed by atoms with van der Waals surface area (Å²) in [6.45, 7) is 3.86. The zero-order valence-corrected chi connectivity index (χ0v) is 11.2. The molecule has 1 fully saturated rings. The summed E-state index contributed by atoms with van der Waals surface area (Å²) in [6, 6.07) is 2.15. The molecule has 20 heavy (non-hydrogen) atoms. The summed E-state index contributed by atoms with van der Waals surface area (Å²) in [5, 5.41) is 14.0. The van der Waals surface area contributed by atoms with E-state index in [0.29, 0.717) is 19.6 Å². The number of aryl methyl sites for hydroxylation is 1. The van der Waals surface area contributed by atoms with Crippen LogP contribution >= 0.6 is 0 Å². The molecule has 0 unspecified atom stereocenters. The van der Waals surface area contributed by atoms with Crippen molar-refractivity contribution in [1.82, 2.24) is 10.2 Å². The van der Waals surface area contributed by atoms with Crippen molar-refractivity contribution < 1.29 is 14.1 Å². The Morgan fingerprint density at radius 3 is 2.85 bits per heavy atom. The van der Waals surface area contributed by atoms with Crippen LogP contribution in [-0.4, -0.2) is 41.9 Å². The molecular weight excluding hydrogens is 265 g/mol. The van der Waals surface area contributed by atoms with Crippen molar-refractivity contribution in [2.45, 2.75) is 13.3 Å². The van der Waals surface area contributed by atoms with Crippen molar-refractivity contribution in [2.24, 2.45) is 0 Å². The summed E-state index contributed by atoms with van der Waals surface area (Å²) in [5.41, 5.74) is -0.380. The molecule has 0 bridgehead atoms. The summed E-state index contributed by atoms with van der Waals surface area (Å²) in [5.74, 6) is -1.17. The van der Waals surface area contributed by atoms with Crippen LogP contribution in [0.5, 0.6) is 0 Å². The number of nitro groups is 1. The van der Waals surface area contributed by atoms with Gasteiger partial charge in [-0.25, -0.2) is 4.39 Å². The van der Waals surface area contributed by atoms with Gasteiger partial charge in [-0.15, -0.1) is 0 Å². The predicted molar refractivity (Wildman–Crippen MR) is 71.2 cm³/mol. The van der Waals surface area contributed by atoms with E-state index in [-0.39, 0.29) is 16.8 Å². The Balaban J connectivity index is 2.35. The maximum atomic E-state index is 14.1. The fourth-order valence-electron chi connectivity index (χ4n) is 2.23. The minimum Gasteiger partial charge on any atom is -0.337 e. The van der Waals surface area contributed by atoms with Gasteiger partial charge < -0.3 is 10.2 Å². The molecule has 1 heterocycles. The average molecular weight is 281 g/mol. The number of rotatable bonds is 2. The number of hydrogen-bond donors (Lipinski definition) is 1. The number of non-ortho nitro benzene ring substituents is 1. The van der Waals surface area contributed by atoms with Crippen molar-refractivity contribution in [3.63, 3.8) is 0 Å². The highest BCUT2D eigenvalue weighted by atomic mass is 19.1. The lowest BCUT2D eigenvalue weighted by atomic mass is 10.1. The van der Waals surface area contributed by atoms with Crippen LogP contribution in [0.15, 0.2) is 12.1 Å². The minimum atomic E-state index is -0.683. The second-order valence-corrected chi connectivity index (χ2v) is 4.78. The molecular formula is C13H16FN3O3. The highest BCUT2D eigenvalue weighted by Gasteiger charge is 2.24. The lowest BCUT2D eigenvalue weighted by Gasteiger charge is -2.20. The van der Waals surface area contributed by atoms with E-state index in [9.17, 15) is 19.3 Å². The van der Waals surface area contributed by atoms with Crippen LogP contribution in [0.4, 0.5) is 10.1 Å². The topological polar surface area (TPSA) is 75.5 Å². The third kappa shape index (κ3) is 2.93. The second kappa shape index (κ2) is 5.96. The van der Waals surface area contributed by atoms with E-state index in [0.717, 1.165) is 25.1 Å². The van der Waals surface area contributed by atoms with Crippen molar-refractivity contribution in [1.29, 1.82) is 0 Å². The van der Waals surface area contributed by atoms with Crippen LogP contribution in [0, 0.1) is 22.9 Å². The number of amides is 1. The Labute approximate surface area is 115 Å². The van der Waals surface area contributed by atoms with Gasteiger partial charge in [-0.05, 0) is 25.5 Å². The van der Waals surface area contributed by atoms with Gasteiger partial charge in [-0.2, -0.15) is 0 Å². The molecule has 0 radical (unpaired) electrons. The van der Waals surface area contributed by atoms with Crippen molar-refractivity contribution in [3.05, 3.63) is 39.2 Å². The normalized spacial score (nSPS) is 15.8. The number of nitrogens with one attached hydrogen (secondary N) is 1. The number of carbonyl (C=O) groups excluding carboxylic acids is 1. The van der Waals surface area contributed by atoms with Crippen molar-refractivity contribution in [2.75, 3.05) is 26.2 Å². The Bertz CT molecular complexity index is 540. The quantitative estimate of drug-likeness (QED) is 0.658. The van der Waals surface area contributed by atoms with Gasteiger partial charge >= 0.3 is 0 Å². The standard InChI is InChI=1S/C13H16FN3O3/c1-9-7-10(17(19)20)8-11(12(9)14)13(18)16-5-2-3-15-4-6-16/h7-8,15H,2-6H2,1H3. The second-order valence-electron chi connectivity index (χ2n) is 4.78. The van der Waals surface area contributed by atoms with Crippen LogP contribution in [0.2, 0.25) is 0 Å². The van der Waals surface area contributed by atoms with E-state index < -0.39 is 16.6 Å². The highest BCUT2D eigenvalue weighted by Crippen LogP contribution is 2.22. The maximum Gasteiger partial charge on any atom is 0.270 e. The van der Waals surface area contributed by atoms with Gasteiger partial charge in [0.25, 0.3) is 11.6 Å². The molecule has 1 N–H and O–H groups in total. The zero-order valence-electron chi connectivity index (χ0n) is 11.2. The Hall–Kier alpha value is -2.02. The van der Waals surface area contributed by atoms with Crippen LogP contribution in [0.25, 0.3) is 0 Å². The molecule has 1 amide bonds. The van der Waals surface area contributed by atoms with E-state index in [1.807, 2.05) is 0 Å². The Kier molecular flexibility index (Phi) is 4.29. The van der Waals surface area contributed by atoms with Crippen LogP contribution in [-0.2, 0) is 0 Å². The third-order valence-corrected chi connectivity index (χ3v) is 3.31. The molecule has 1 saturated heterocycles. The molecule has 0 spiro atoms. The van der Waals surface area contributed by atoms with Crippen LogP contribution in [0.1, 0.15) is 22.3 Å². The fraction of sp³-hybridized carbons (Fsp3) is 0.462. The molecule has 0 aliphatic carbocycles. The summed E-state index contributed by atoms with van der Waals surface area (Å²) >= 11 is 0. The number of benzene rings is 1. The van der Waals surface area contributed by atoms with Gasteiger partial charge in [0, 0.05) is 31.8 Å².